The fourth-order valence-electron chi connectivity index (χ4n) is 0.979. The molecule has 0 atom stereocenters. The van der Waals surface area contributed by atoms with Crippen molar-refractivity contribution >= 4 is 17.4 Å². The standard InChI is InChI=1S/C11H15NS/c1-3-4-7-13-10-5-6-11(12)9(2)8-10/h3-6,8H,7,12H2,1-2H3. The molecule has 0 aliphatic rings. The molecule has 2 heteroatoms. The summed E-state index contributed by atoms with van der Waals surface area (Å²) in [6.45, 7) is 4.07. The first-order chi connectivity index (χ1) is 6.24. The van der Waals surface area contributed by atoms with E-state index in [9.17, 15) is 0 Å². The fraction of sp³-hybridized carbons (Fsp3) is 0.273. The van der Waals surface area contributed by atoms with Crippen LogP contribution in [0.15, 0.2) is 35.2 Å². The van der Waals surface area contributed by atoms with E-state index in [1.54, 1.807) is 0 Å². The summed E-state index contributed by atoms with van der Waals surface area (Å²) in [6, 6.07) is 6.16. The van der Waals surface area contributed by atoms with Gasteiger partial charge in [-0.1, -0.05) is 12.2 Å². The second kappa shape index (κ2) is 4.97. The Morgan fingerprint density at radius 3 is 2.85 bits per heavy atom. The quantitative estimate of drug-likeness (QED) is 0.453. The van der Waals surface area contributed by atoms with Crippen LogP contribution in [0.2, 0.25) is 0 Å². The zero-order chi connectivity index (χ0) is 9.68. The van der Waals surface area contributed by atoms with Crippen molar-refractivity contribution in [2.75, 3.05) is 11.5 Å². The van der Waals surface area contributed by atoms with Gasteiger partial charge >= 0.3 is 0 Å². The molecule has 0 bridgehead atoms. The lowest BCUT2D eigenvalue weighted by molar-refractivity contribution is 1.36. The van der Waals surface area contributed by atoms with Gasteiger partial charge in [-0.2, -0.15) is 0 Å². The number of hydrogen-bond donors (Lipinski definition) is 1. The molecule has 0 spiro atoms. The Hall–Kier alpha value is -0.890. The molecule has 1 rings (SSSR count). The van der Waals surface area contributed by atoms with Crippen LogP contribution >= 0.6 is 11.8 Å². The van der Waals surface area contributed by atoms with E-state index >= 15 is 0 Å². The molecule has 13 heavy (non-hydrogen) atoms. The summed E-state index contributed by atoms with van der Waals surface area (Å²) in [7, 11) is 0. The summed E-state index contributed by atoms with van der Waals surface area (Å²) in [5.74, 6) is 1.03. The second-order valence-corrected chi connectivity index (χ2v) is 3.99. The summed E-state index contributed by atoms with van der Waals surface area (Å²) in [6.07, 6.45) is 4.22. The average molecular weight is 193 g/mol. The lowest BCUT2D eigenvalue weighted by Crippen LogP contribution is -1.88. The molecule has 70 valence electrons. The van der Waals surface area contributed by atoms with E-state index in [1.807, 2.05) is 31.7 Å². The van der Waals surface area contributed by atoms with E-state index in [4.69, 9.17) is 5.73 Å². The number of hydrogen-bond acceptors (Lipinski definition) is 2. The van der Waals surface area contributed by atoms with Gasteiger partial charge < -0.3 is 5.73 Å². The number of aryl methyl sites for hydroxylation is 1. The molecule has 0 aliphatic carbocycles. The molecule has 0 amide bonds. The van der Waals surface area contributed by atoms with Crippen molar-refractivity contribution < 1.29 is 0 Å². The Bertz CT molecular complexity index is 305. The number of benzene rings is 1. The maximum Gasteiger partial charge on any atom is 0.0344 e. The van der Waals surface area contributed by atoms with E-state index < -0.39 is 0 Å². The highest BCUT2D eigenvalue weighted by atomic mass is 32.2. The maximum absolute atomic E-state index is 5.72. The topological polar surface area (TPSA) is 26.0 Å². The zero-order valence-electron chi connectivity index (χ0n) is 8.08. The van der Waals surface area contributed by atoms with Gasteiger partial charge in [0.05, 0.1) is 0 Å². The van der Waals surface area contributed by atoms with Gasteiger partial charge in [-0.3, -0.25) is 0 Å². The molecular weight excluding hydrogens is 178 g/mol. The molecule has 0 unspecified atom stereocenters. The number of thioether (sulfide) groups is 1. The second-order valence-electron chi connectivity index (χ2n) is 2.90. The Morgan fingerprint density at radius 1 is 1.46 bits per heavy atom. The highest BCUT2D eigenvalue weighted by Crippen LogP contribution is 2.22. The molecule has 0 heterocycles. The third-order valence-corrected chi connectivity index (χ3v) is 2.77. The first-order valence-corrected chi connectivity index (χ1v) is 5.32. The summed E-state index contributed by atoms with van der Waals surface area (Å²) in [5, 5.41) is 0. The zero-order valence-corrected chi connectivity index (χ0v) is 8.90. The van der Waals surface area contributed by atoms with Crippen LogP contribution in [0.4, 0.5) is 5.69 Å². The third kappa shape index (κ3) is 3.15. The third-order valence-electron chi connectivity index (χ3n) is 1.82. The molecule has 0 fully saturated rings. The molecule has 0 saturated carbocycles. The lowest BCUT2D eigenvalue weighted by atomic mass is 10.2. The molecule has 1 aromatic carbocycles. The number of nitrogen functional groups attached to an aromatic ring is 1. The van der Waals surface area contributed by atoms with E-state index in [-0.39, 0.29) is 0 Å². The van der Waals surface area contributed by atoms with Gasteiger partial charge in [0.1, 0.15) is 0 Å². The van der Waals surface area contributed by atoms with Crippen LogP contribution < -0.4 is 5.73 Å². The largest absolute Gasteiger partial charge is 0.399 e. The Morgan fingerprint density at radius 2 is 2.23 bits per heavy atom. The van der Waals surface area contributed by atoms with Crippen molar-refractivity contribution in [3.05, 3.63) is 35.9 Å². The molecule has 1 aromatic rings. The Balaban J connectivity index is 2.63. The SMILES string of the molecule is CC=CCSc1ccc(N)c(C)c1. The minimum absolute atomic E-state index is 0.871. The summed E-state index contributed by atoms with van der Waals surface area (Å²) in [4.78, 5) is 1.28. The lowest BCUT2D eigenvalue weighted by Gasteiger charge is -2.02. The van der Waals surface area contributed by atoms with Crippen molar-refractivity contribution in [1.29, 1.82) is 0 Å². The van der Waals surface area contributed by atoms with Crippen LogP contribution in [0.5, 0.6) is 0 Å². The van der Waals surface area contributed by atoms with E-state index in [0.29, 0.717) is 0 Å². The number of rotatable bonds is 3. The van der Waals surface area contributed by atoms with Crippen LogP contribution in [0.3, 0.4) is 0 Å². The van der Waals surface area contributed by atoms with Crippen LogP contribution in [-0.4, -0.2) is 5.75 Å². The minimum Gasteiger partial charge on any atom is -0.399 e. The van der Waals surface area contributed by atoms with Gasteiger partial charge in [0, 0.05) is 16.3 Å². The number of anilines is 1. The molecular formula is C11H15NS. The van der Waals surface area contributed by atoms with E-state index in [0.717, 1.165) is 17.0 Å². The van der Waals surface area contributed by atoms with Gasteiger partial charge in [0.25, 0.3) is 0 Å². The predicted octanol–water partition coefficient (Wildman–Crippen LogP) is 3.25. The molecule has 1 nitrogen and oxygen atoms in total. The average Bonchev–Trinajstić information content (AvgIpc) is 2.12. The van der Waals surface area contributed by atoms with Crippen molar-refractivity contribution in [3.8, 4) is 0 Å². The predicted molar refractivity (Wildman–Crippen MR) is 61.1 cm³/mol. The van der Waals surface area contributed by atoms with Gasteiger partial charge in [-0.15, -0.1) is 11.8 Å². The van der Waals surface area contributed by atoms with E-state index in [2.05, 4.69) is 24.3 Å². The van der Waals surface area contributed by atoms with Gasteiger partial charge in [0.15, 0.2) is 0 Å². The highest BCUT2D eigenvalue weighted by Gasteiger charge is 1.95. The van der Waals surface area contributed by atoms with Crippen molar-refractivity contribution in [2.24, 2.45) is 0 Å². The maximum atomic E-state index is 5.72. The number of nitrogens with two attached hydrogens (primary N) is 1. The van der Waals surface area contributed by atoms with Crippen molar-refractivity contribution in [1.82, 2.24) is 0 Å². The molecule has 0 aromatic heterocycles. The van der Waals surface area contributed by atoms with Crippen LogP contribution in [0.1, 0.15) is 12.5 Å². The smallest absolute Gasteiger partial charge is 0.0344 e. The molecule has 0 saturated heterocycles. The first-order valence-electron chi connectivity index (χ1n) is 4.34. The number of allylic oxidation sites excluding steroid dienone is 1. The van der Waals surface area contributed by atoms with Crippen LogP contribution in [-0.2, 0) is 0 Å². The first kappa shape index (κ1) is 10.2. The van der Waals surface area contributed by atoms with Crippen molar-refractivity contribution in [2.45, 2.75) is 18.7 Å². The Kier molecular flexibility index (Phi) is 3.90. The van der Waals surface area contributed by atoms with Crippen molar-refractivity contribution in [3.63, 3.8) is 0 Å². The van der Waals surface area contributed by atoms with Crippen LogP contribution in [0, 0.1) is 6.92 Å². The fourth-order valence-corrected chi connectivity index (χ4v) is 1.88. The summed E-state index contributed by atoms with van der Waals surface area (Å²) >= 11 is 1.83. The normalized spacial score (nSPS) is 10.9. The highest BCUT2D eigenvalue weighted by molar-refractivity contribution is 7.99. The Labute approximate surface area is 84.0 Å². The molecule has 2 N–H and O–H groups in total. The summed E-state index contributed by atoms with van der Waals surface area (Å²) < 4.78 is 0. The van der Waals surface area contributed by atoms with E-state index in [1.165, 1.54) is 4.90 Å². The summed E-state index contributed by atoms with van der Waals surface area (Å²) in [5.41, 5.74) is 7.75. The minimum atomic E-state index is 0.871. The molecule has 0 radical (unpaired) electrons. The van der Waals surface area contributed by atoms with Gasteiger partial charge in [-0.05, 0) is 37.6 Å². The van der Waals surface area contributed by atoms with Gasteiger partial charge in [0.2, 0.25) is 0 Å². The monoisotopic (exact) mass is 193 g/mol. The van der Waals surface area contributed by atoms with Crippen LogP contribution in [0.25, 0.3) is 0 Å². The molecule has 0 aliphatic heterocycles. The van der Waals surface area contributed by atoms with Gasteiger partial charge in [-0.25, -0.2) is 0 Å².